The zero-order chi connectivity index (χ0) is 23.4. The van der Waals surface area contributed by atoms with Crippen molar-refractivity contribution >= 4 is 16.8 Å². The van der Waals surface area contributed by atoms with Gasteiger partial charge in [0.15, 0.2) is 11.5 Å². The van der Waals surface area contributed by atoms with Crippen molar-refractivity contribution < 1.29 is 23.2 Å². The zero-order valence-corrected chi connectivity index (χ0v) is 19.3. The maximum Gasteiger partial charge on any atom is 0.253 e. The average Bonchev–Trinajstić information content (AvgIpc) is 3.24. The summed E-state index contributed by atoms with van der Waals surface area (Å²) in [5, 5.41) is 4.94. The predicted octanol–water partition coefficient (Wildman–Crippen LogP) is 4.33. The first-order chi connectivity index (χ1) is 16.0. The van der Waals surface area contributed by atoms with Gasteiger partial charge in [-0.1, -0.05) is 5.16 Å². The maximum absolute atomic E-state index is 13.4. The van der Waals surface area contributed by atoms with E-state index in [1.165, 1.54) is 17.0 Å². The van der Waals surface area contributed by atoms with E-state index >= 15 is 0 Å². The lowest BCUT2D eigenvalue weighted by molar-refractivity contribution is 0.0827. The van der Waals surface area contributed by atoms with E-state index in [-0.39, 0.29) is 11.7 Å². The second kappa shape index (κ2) is 10.2. The molecule has 0 bridgehead atoms. The number of fused-ring (bicyclic) bond motifs is 1. The van der Waals surface area contributed by atoms with Crippen molar-refractivity contribution in [3.8, 4) is 11.5 Å². The van der Waals surface area contributed by atoms with Crippen molar-refractivity contribution in [3.63, 3.8) is 0 Å². The Morgan fingerprint density at radius 3 is 2.70 bits per heavy atom. The van der Waals surface area contributed by atoms with Gasteiger partial charge < -0.3 is 23.8 Å². The van der Waals surface area contributed by atoms with Crippen LogP contribution in [0.5, 0.6) is 11.5 Å². The molecular formula is C25H30FN3O4. The van der Waals surface area contributed by atoms with Crippen LogP contribution in [0, 0.1) is 5.82 Å². The van der Waals surface area contributed by atoms with E-state index in [9.17, 15) is 9.18 Å². The van der Waals surface area contributed by atoms with E-state index in [1.807, 2.05) is 0 Å². The Balaban J connectivity index is 1.24. The second-order valence-electron chi connectivity index (χ2n) is 8.59. The summed E-state index contributed by atoms with van der Waals surface area (Å²) in [5.74, 6) is 2.00. The van der Waals surface area contributed by atoms with E-state index in [2.05, 4.69) is 10.1 Å². The van der Waals surface area contributed by atoms with Gasteiger partial charge in [-0.2, -0.15) is 0 Å². The summed E-state index contributed by atoms with van der Waals surface area (Å²) in [6.45, 7) is 3.45. The van der Waals surface area contributed by atoms with Crippen LogP contribution in [0.25, 0.3) is 10.9 Å². The van der Waals surface area contributed by atoms with Crippen LogP contribution in [-0.2, 0) is 0 Å². The Morgan fingerprint density at radius 2 is 1.97 bits per heavy atom. The highest BCUT2D eigenvalue weighted by Gasteiger charge is 2.25. The highest BCUT2D eigenvalue weighted by molar-refractivity contribution is 5.94. The van der Waals surface area contributed by atoms with E-state index in [1.54, 1.807) is 45.5 Å². The molecule has 7 nitrogen and oxygen atoms in total. The van der Waals surface area contributed by atoms with E-state index in [0.29, 0.717) is 35.1 Å². The van der Waals surface area contributed by atoms with Gasteiger partial charge in [0.1, 0.15) is 17.1 Å². The fraction of sp³-hybridized carbons (Fsp3) is 0.440. The number of likely N-dealkylation sites (tertiary alicyclic amines) is 1. The predicted molar refractivity (Wildman–Crippen MR) is 124 cm³/mol. The maximum atomic E-state index is 13.4. The minimum Gasteiger partial charge on any atom is -0.493 e. The van der Waals surface area contributed by atoms with Crippen LogP contribution in [0.3, 0.4) is 0 Å². The molecule has 0 aliphatic carbocycles. The van der Waals surface area contributed by atoms with Gasteiger partial charge in [-0.15, -0.1) is 0 Å². The first-order valence-electron chi connectivity index (χ1n) is 11.3. The standard InChI is InChI=1S/C25H30FN3O4/c1-28(2)25(30)18-5-8-22(23(15-18)31-3)32-14-4-11-29-12-9-17(10-13-29)24-20-7-6-19(26)16-21(20)27-33-24/h5-8,15-17H,4,9-14H2,1-3H3. The fourth-order valence-corrected chi connectivity index (χ4v) is 4.30. The van der Waals surface area contributed by atoms with Crippen LogP contribution < -0.4 is 9.47 Å². The molecule has 1 aliphatic rings. The number of ether oxygens (including phenoxy) is 2. The summed E-state index contributed by atoms with van der Waals surface area (Å²) in [6.07, 6.45) is 2.85. The molecule has 33 heavy (non-hydrogen) atoms. The number of amides is 1. The minimum atomic E-state index is -0.296. The lowest BCUT2D eigenvalue weighted by atomic mass is 9.92. The molecular weight excluding hydrogens is 425 g/mol. The summed E-state index contributed by atoms with van der Waals surface area (Å²) in [5.41, 5.74) is 1.15. The highest BCUT2D eigenvalue weighted by Crippen LogP contribution is 2.33. The molecule has 1 amide bonds. The molecule has 4 rings (SSSR count). The molecule has 0 radical (unpaired) electrons. The molecule has 2 heterocycles. The molecule has 0 unspecified atom stereocenters. The molecule has 176 valence electrons. The van der Waals surface area contributed by atoms with Crippen molar-refractivity contribution in [2.24, 2.45) is 0 Å². The molecule has 1 fully saturated rings. The average molecular weight is 456 g/mol. The van der Waals surface area contributed by atoms with Crippen molar-refractivity contribution in [3.05, 3.63) is 53.5 Å². The molecule has 3 aromatic rings. The fourth-order valence-electron chi connectivity index (χ4n) is 4.30. The topological polar surface area (TPSA) is 68.0 Å². The number of hydrogen-bond acceptors (Lipinski definition) is 6. The zero-order valence-electron chi connectivity index (χ0n) is 19.3. The van der Waals surface area contributed by atoms with Gasteiger partial charge in [-0.25, -0.2) is 4.39 Å². The number of nitrogens with zero attached hydrogens (tertiary/aromatic N) is 3. The van der Waals surface area contributed by atoms with E-state index in [0.717, 1.165) is 50.0 Å². The molecule has 0 saturated carbocycles. The smallest absolute Gasteiger partial charge is 0.253 e. The highest BCUT2D eigenvalue weighted by atomic mass is 19.1. The number of rotatable bonds is 8. The van der Waals surface area contributed by atoms with Crippen molar-refractivity contribution in [1.82, 2.24) is 15.0 Å². The Morgan fingerprint density at radius 1 is 1.18 bits per heavy atom. The van der Waals surface area contributed by atoms with Crippen molar-refractivity contribution in [2.45, 2.75) is 25.2 Å². The van der Waals surface area contributed by atoms with Crippen LogP contribution >= 0.6 is 0 Å². The summed E-state index contributed by atoms with van der Waals surface area (Å²) in [4.78, 5) is 16.1. The molecule has 2 aromatic carbocycles. The van der Waals surface area contributed by atoms with Gasteiger partial charge in [0.2, 0.25) is 0 Å². The number of carbonyl (C=O) groups excluding carboxylic acids is 1. The monoisotopic (exact) mass is 455 g/mol. The number of halogens is 1. The third kappa shape index (κ3) is 5.27. The first kappa shape index (κ1) is 23.0. The molecule has 0 atom stereocenters. The normalized spacial score (nSPS) is 15.0. The van der Waals surface area contributed by atoms with Gasteiger partial charge in [0, 0.05) is 43.6 Å². The number of benzene rings is 2. The number of aromatic nitrogens is 1. The number of methoxy groups -OCH3 is 1. The van der Waals surface area contributed by atoms with Crippen molar-refractivity contribution in [2.75, 3.05) is 47.4 Å². The van der Waals surface area contributed by atoms with Crippen LogP contribution in [0.4, 0.5) is 4.39 Å². The third-order valence-electron chi connectivity index (χ3n) is 6.12. The number of hydrogen-bond donors (Lipinski definition) is 0. The summed E-state index contributed by atoms with van der Waals surface area (Å²) >= 11 is 0. The molecule has 1 saturated heterocycles. The molecule has 1 aromatic heterocycles. The van der Waals surface area contributed by atoms with Gasteiger partial charge in [0.25, 0.3) is 5.91 Å². The quantitative estimate of drug-likeness (QED) is 0.471. The van der Waals surface area contributed by atoms with Crippen molar-refractivity contribution in [1.29, 1.82) is 0 Å². The van der Waals surface area contributed by atoms with Crippen LogP contribution in [0.15, 0.2) is 40.9 Å². The third-order valence-corrected chi connectivity index (χ3v) is 6.12. The first-order valence-corrected chi connectivity index (χ1v) is 11.3. The molecule has 1 aliphatic heterocycles. The van der Waals surface area contributed by atoms with Gasteiger partial charge in [-0.3, -0.25) is 4.79 Å². The summed E-state index contributed by atoms with van der Waals surface area (Å²) < 4.78 is 30.3. The Kier molecular flexibility index (Phi) is 7.13. The van der Waals surface area contributed by atoms with Crippen LogP contribution in [0.1, 0.15) is 41.3 Å². The molecule has 0 N–H and O–H groups in total. The van der Waals surface area contributed by atoms with E-state index < -0.39 is 0 Å². The van der Waals surface area contributed by atoms with Crippen LogP contribution in [0.2, 0.25) is 0 Å². The molecule has 0 spiro atoms. The lowest BCUT2D eigenvalue weighted by Crippen LogP contribution is -2.34. The second-order valence-corrected chi connectivity index (χ2v) is 8.59. The van der Waals surface area contributed by atoms with Crippen LogP contribution in [-0.4, -0.2) is 68.3 Å². The minimum absolute atomic E-state index is 0.0752. The Hall–Kier alpha value is -3.13. The van der Waals surface area contributed by atoms with E-state index in [4.69, 9.17) is 14.0 Å². The number of piperidine rings is 1. The SMILES string of the molecule is COc1cc(C(=O)N(C)C)ccc1OCCCN1CCC(c2onc3cc(F)ccc23)CC1. The molecule has 8 heteroatoms. The summed E-state index contributed by atoms with van der Waals surface area (Å²) in [6, 6.07) is 9.89. The lowest BCUT2D eigenvalue weighted by Gasteiger charge is -2.30. The number of carbonyl (C=O) groups is 1. The van der Waals surface area contributed by atoms with Gasteiger partial charge in [0.05, 0.1) is 13.7 Å². The summed E-state index contributed by atoms with van der Waals surface area (Å²) in [7, 11) is 5.01. The Labute approximate surface area is 193 Å². The largest absolute Gasteiger partial charge is 0.493 e. The Bertz CT molecular complexity index is 1110. The van der Waals surface area contributed by atoms with Gasteiger partial charge >= 0.3 is 0 Å². The van der Waals surface area contributed by atoms with Gasteiger partial charge in [-0.05, 0) is 62.7 Å².